The zero-order valence-electron chi connectivity index (χ0n) is 19.7. The fraction of sp³-hybridized carbons (Fsp3) is 0.519. The molecule has 2 aromatic carbocycles. The largest absolute Gasteiger partial charge is 0.491 e. The second-order valence-corrected chi connectivity index (χ2v) is 9.79. The average molecular weight is 466 g/mol. The molecular formula is C27H35N3O4. The molecule has 7 heteroatoms. The molecule has 2 atom stereocenters. The fourth-order valence-electron chi connectivity index (χ4n) is 5.54. The molecule has 0 radical (unpaired) electrons. The van der Waals surface area contributed by atoms with Gasteiger partial charge in [0, 0.05) is 38.8 Å². The van der Waals surface area contributed by atoms with Gasteiger partial charge in [-0.05, 0) is 54.6 Å². The highest BCUT2D eigenvalue weighted by atomic mass is 16.5. The first-order chi connectivity index (χ1) is 16.6. The second kappa shape index (κ2) is 10.4. The zero-order valence-corrected chi connectivity index (χ0v) is 19.7. The lowest BCUT2D eigenvalue weighted by atomic mass is 10.00. The Morgan fingerprint density at radius 1 is 1.06 bits per heavy atom. The van der Waals surface area contributed by atoms with Crippen LogP contribution >= 0.6 is 0 Å². The van der Waals surface area contributed by atoms with E-state index in [4.69, 9.17) is 4.74 Å². The fourth-order valence-corrected chi connectivity index (χ4v) is 5.54. The zero-order chi connectivity index (χ0) is 23.5. The van der Waals surface area contributed by atoms with E-state index in [0.717, 1.165) is 51.0 Å². The van der Waals surface area contributed by atoms with Gasteiger partial charge in [-0.25, -0.2) is 0 Å². The van der Waals surface area contributed by atoms with Crippen molar-refractivity contribution in [2.24, 2.45) is 0 Å². The molecule has 0 spiro atoms. The predicted octanol–water partition coefficient (Wildman–Crippen LogP) is 1.90. The molecule has 2 N–H and O–H groups in total. The molecule has 5 rings (SSSR count). The van der Waals surface area contributed by atoms with E-state index in [0.29, 0.717) is 37.6 Å². The van der Waals surface area contributed by atoms with E-state index < -0.39 is 6.10 Å². The Morgan fingerprint density at radius 2 is 1.91 bits per heavy atom. The smallest absolute Gasteiger partial charge is 0.257 e. The minimum absolute atomic E-state index is 0.0866. The van der Waals surface area contributed by atoms with Crippen molar-refractivity contribution < 1.29 is 19.7 Å². The van der Waals surface area contributed by atoms with Crippen LogP contribution in [0.3, 0.4) is 0 Å². The second-order valence-electron chi connectivity index (χ2n) is 9.79. The summed E-state index contributed by atoms with van der Waals surface area (Å²) in [6, 6.07) is 14.5. The number of carbonyl (C=O) groups excluding carboxylic acids is 1. The van der Waals surface area contributed by atoms with E-state index >= 15 is 0 Å². The molecule has 3 heterocycles. The number of carbonyl (C=O) groups is 1. The van der Waals surface area contributed by atoms with Crippen LogP contribution in [0.4, 0.5) is 0 Å². The summed E-state index contributed by atoms with van der Waals surface area (Å²) < 4.78 is 5.96. The van der Waals surface area contributed by atoms with E-state index in [1.54, 1.807) is 4.90 Å². The number of β-amino-alcohol motifs (C(OH)–C–C–N with tert-alkyl or cyclic N) is 1. The van der Waals surface area contributed by atoms with E-state index in [-0.39, 0.29) is 18.6 Å². The number of fused-ring (bicyclic) bond motifs is 2. The highest BCUT2D eigenvalue weighted by Crippen LogP contribution is 2.27. The van der Waals surface area contributed by atoms with Gasteiger partial charge in [0.15, 0.2) is 0 Å². The minimum Gasteiger partial charge on any atom is -0.491 e. The number of rotatable bonds is 7. The van der Waals surface area contributed by atoms with Crippen LogP contribution in [-0.2, 0) is 19.5 Å². The van der Waals surface area contributed by atoms with Crippen molar-refractivity contribution in [2.45, 2.75) is 44.5 Å². The van der Waals surface area contributed by atoms with Gasteiger partial charge in [-0.3, -0.25) is 14.6 Å². The maximum absolute atomic E-state index is 13.3. The highest BCUT2D eigenvalue weighted by molar-refractivity contribution is 5.97. The standard InChI is InChI=1S/C27H35N3O4/c31-19-23-6-3-10-29(23)15-20-7-8-25-26(14-20)34-13-12-30(27(25)33)18-24(32)17-28-11-9-21-4-1-2-5-22(21)16-28/h1-2,4-5,7-8,14,23-24,31-32H,3,6,9-13,15-19H2/t23-,24+/m0/s1. The molecule has 0 saturated carbocycles. The van der Waals surface area contributed by atoms with Crippen LogP contribution in [0.5, 0.6) is 5.75 Å². The van der Waals surface area contributed by atoms with Crippen molar-refractivity contribution in [1.82, 2.24) is 14.7 Å². The van der Waals surface area contributed by atoms with Crippen molar-refractivity contribution >= 4 is 5.91 Å². The molecule has 34 heavy (non-hydrogen) atoms. The van der Waals surface area contributed by atoms with Gasteiger partial charge in [-0.2, -0.15) is 0 Å². The predicted molar refractivity (Wildman–Crippen MR) is 130 cm³/mol. The Labute approximate surface area is 201 Å². The lowest BCUT2D eigenvalue weighted by molar-refractivity contribution is 0.0501. The summed E-state index contributed by atoms with van der Waals surface area (Å²) in [6.07, 6.45) is 2.51. The number of hydrogen-bond donors (Lipinski definition) is 2. The lowest BCUT2D eigenvalue weighted by Crippen LogP contribution is -2.44. The van der Waals surface area contributed by atoms with Gasteiger partial charge in [0.1, 0.15) is 12.4 Å². The van der Waals surface area contributed by atoms with E-state index in [2.05, 4.69) is 34.1 Å². The molecule has 0 aliphatic carbocycles. The summed E-state index contributed by atoms with van der Waals surface area (Å²) in [5, 5.41) is 20.4. The SMILES string of the molecule is O=C1c2ccc(CN3CCC[C@H]3CO)cc2OCCN1C[C@H](O)CN1CCc2ccccc2C1. The third-order valence-electron chi connectivity index (χ3n) is 7.39. The summed E-state index contributed by atoms with van der Waals surface area (Å²) in [5.41, 5.74) is 4.36. The quantitative estimate of drug-likeness (QED) is 0.651. The topological polar surface area (TPSA) is 76.5 Å². The van der Waals surface area contributed by atoms with Crippen molar-refractivity contribution in [1.29, 1.82) is 0 Å². The minimum atomic E-state index is -0.611. The molecule has 1 amide bonds. The number of benzene rings is 2. The van der Waals surface area contributed by atoms with E-state index in [1.165, 1.54) is 11.1 Å². The maximum atomic E-state index is 13.3. The molecule has 2 aromatic rings. The van der Waals surface area contributed by atoms with Crippen LogP contribution < -0.4 is 4.74 Å². The Hall–Kier alpha value is -2.45. The number of nitrogens with zero attached hydrogens (tertiary/aromatic N) is 3. The summed E-state index contributed by atoms with van der Waals surface area (Å²) >= 11 is 0. The molecule has 1 saturated heterocycles. The van der Waals surface area contributed by atoms with Crippen molar-refractivity contribution in [3.8, 4) is 5.75 Å². The number of hydrogen-bond acceptors (Lipinski definition) is 6. The normalized spacial score (nSPS) is 22.1. The monoisotopic (exact) mass is 465 g/mol. The van der Waals surface area contributed by atoms with Crippen molar-refractivity contribution in [2.75, 3.05) is 45.9 Å². The molecule has 3 aliphatic heterocycles. The van der Waals surface area contributed by atoms with Crippen molar-refractivity contribution in [3.05, 3.63) is 64.7 Å². The lowest BCUT2D eigenvalue weighted by Gasteiger charge is -2.32. The summed E-state index contributed by atoms with van der Waals surface area (Å²) in [7, 11) is 0. The van der Waals surface area contributed by atoms with Crippen LogP contribution in [0.2, 0.25) is 0 Å². The first-order valence-electron chi connectivity index (χ1n) is 12.5. The van der Waals surface area contributed by atoms with Crippen LogP contribution in [0.25, 0.3) is 0 Å². The Kier molecular flexibility index (Phi) is 7.15. The summed E-state index contributed by atoms with van der Waals surface area (Å²) in [5.74, 6) is 0.531. The highest BCUT2D eigenvalue weighted by Gasteiger charge is 2.28. The molecule has 1 fully saturated rings. The van der Waals surface area contributed by atoms with E-state index in [9.17, 15) is 15.0 Å². The van der Waals surface area contributed by atoms with Gasteiger partial charge in [-0.15, -0.1) is 0 Å². The number of amides is 1. The molecule has 182 valence electrons. The van der Waals surface area contributed by atoms with E-state index in [1.807, 2.05) is 18.2 Å². The van der Waals surface area contributed by atoms with Crippen LogP contribution in [0.1, 0.15) is 39.9 Å². The Bertz CT molecular complexity index is 1010. The third-order valence-corrected chi connectivity index (χ3v) is 7.39. The van der Waals surface area contributed by atoms with Crippen LogP contribution in [0.15, 0.2) is 42.5 Å². The number of aliphatic hydroxyl groups excluding tert-OH is 2. The van der Waals surface area contributed by atoms with Gasteiger partial charge in [0.25, 0.3) is 5.91 Å². The number of aliphatic hydroxyl groups is 2. The molecular weight excluding hydrogens is 430 g/mol. The molecule has 7 nitrogen and oxygen atoms in total. The Balaban J connectivity index is 1.20. The van der Waals surface area contributed by atoms with Crippen LogP contribution in [-0.4, -0.2) is 88.9 Å². The summed E-state index contributed by atoms with van der Waals surface area (Å²) in [6.45, 7) is 5.39. The third kappa shape index (κ3) is 5.13. The average Bonchev–Trinajstić information content (AvgIpc) is 3.24. The molecule has 3 aliphatic rings. The van der Waals surface area contributed by atoms with Gasteiger partial charge >= 0.3 is 0 Å². The Morgan fingerprint density at radius 3 is 2.76 bits per heavy atom. The maximum Gasteiger partial charge on any atom is 0.257 e. The first kappa shape index (κ1) is 23.3. The summed E-state index contributed by atoms with van der Waals surface area (Å²) in [4.78, 5) is 19.5. The molecule has 0 aromatic heterocycles. The number of ether oxygens (including phenoxy) is 1. The first-order valence-corrected chi connectivity index (χ1v) is 12.5. The van der Waals surface area contributed by atoms with Gasteiger partial charge in [0.2, 0.25) is 0 Å². The van der Waals surface area contributed by atoms with Gasteiger partial charge in [0.05, 0.1) is 24.8 Å². The molecule has 0 unspecified atom stereocenters. The van der Waals surface area contributed by atoms with Crippen LogP contribution in [0, 0.1) is 0 Å². The molecule has 0 bridgehead atoms. The van der Waals surface area contributed by atoms with Gasteiger partial charge in [-0.1, -0.05) is 30.3 Å². The van der Waals surface area contributed by atoms with Crippen molar-refractivity contribution in [3.63, 3.8) is 0 Å². The van der Waals surface area contributed by atoms with Gasteiger partial charge < -0.3 is 19.8 Å². The number of likely N-dealkylation sites (tertiary alicyclic amines) is 1.